The van der Waals surface area contributed by atoms with E-state index in [2.05, 4.69) is 26.0 Å². The van der Waals surface area contributed by atoms with Crippen molar-refractivity contribution in [3.8, 4) is 0 Å². The van der Waals surface area contributed by atoms with Crippen LogP contribution in [0, 0.1) is 0 Å². The molecule has 2 rings (SSSR count). The van der Waals surface area contributed by atoms with E-state index in [0.29, 0.717) is 5.52 Å². The van der Waals surface area contributed by atoms with Crippen LogP contribution in [0.1, 0.15) is 10.5 Å². The molecule has 0 aliphatic rings. The van der Waals surface area contributed by atoms with Crippen molar-refractivity contribution < 1.29 is 9.90 Å². The van der Waals surface area contributed by atoms with Crippen LogP contribution in [0.3, 0.4) is 0 Å². The minimum Gasteiger partial charge on any atom is -0.477 e. The number of carbonyl (C=O) groups is 1. The van der Waals surface area contributed by atoms with Gasteiger partial charge >= 0.3 is 5.97 Å². The predicted molar refractivity (Wildman–Crippen MR) is 47.6 cm³/mol. The molecule has 1 N–H and O–H groups in total. The lowest BCUT2D eigenvalue weighted by atomic mass is 10.3. The van der Waals surface area contributed by atoms with Crippen LogP contribution in [0.25, 0.3) is 5.52 Å². The first-order valence-corrected chi connectivity index (χ1v) is 4.20. The molecule has 0 unspecified atom stereocenters. The number of carboxylic acids is 1. The van der Waals surface area contributed by atoms with Crippen LogP contribution in [0.5, 0.6) is 0 Å². The average molecular weight is 242 g/mol. The molecule has 0 atom stereocenters. The Balaban J connectivity index is 2.72. The Morgan fingerprint density at radius 1 is 1.62 bits per heavy atom. The quantitative estimate of drug-likeness (QED) is 0.815. The fourth-order valence-corrected chi connectivity index (χ4v) is 1.37. The zero-order valence-corrected chi connectivity index (χ0v) is 7.89. The maximum atomic E-state index is 10.6. The average Bonchev–Trinajstić information content (AvgIpc) is 2.47. The van der Waals surface area contributed by atoms with Crippen LogP contribution >= 0.6 is 15.9 Å². The highest BCUT2D eigenvalue weighted by molar-refractivity contribution is 9.10. The van der Waals surface area contributed by atoms with Gasteiger partial charge in [-0.1, -0.05) is 0 Å². The molecule has 13 heavy (non-hydrogen) atoms. The van der Waals surface area contributed by atoms with Gasteiger partial charge in [0.2, 0.25) is 0 Å². The van der Waals surface area contributed by atoms with Gasteiger partial charge in [-0.25, -0.2) is 14.3 Å². The normalized spacial score (nSPS) is 10.5. The van der Waals surface area contributed by atoms with Gasteiger partial charge in [0.1, 0.15) is 6.33 Å². The summed E-state index contributed by atoms with van der Waals surface area (Å²) in [6, 6.07) is 1.46. The van der Waals surface area contributed by atoms with Crippen LogP contribution in [0.4, 0.5) is 0 Å². The first-order valence-electron chi connectivity index (χ1n) is 3.40. The summed E-state index contributed by atoms with van der Waals surface area (Å²) in [4.78, 5) is 14.3. The third kappa shape index (κ3) is 1.29. The van der Waals surface area contributed by atoms with Gasteiger partial charge in [0, 0.05) is 0 Å². The van der Waals surface area contributed by atoms with Crippen molar-refractivity contribution >= 4 is 27.4 Å². The first kappa shape index (κ1) is 8.18. The van der Waals surface area contributed by atoms with Gasteiger partial charge in [0.15, 0.2) is 5.69 Å². The molecule has 0 aliphatic heterocycles. The molecule has 0 radical (unpaired) electrons. The van der Waals surface area contributed by atoms with Gasteiger partial charge in [0.25, 0.3) is 0 Å². The zero-order valence-electron chi connectivity index (χ0n) is 6.31. The summed E-state index contributed by atoms with van der Waals surface area (Å²) in [7, 11) is 0. The molecule has 66 valence electrons. The second-order valence-corrected chi connectivity index (χ2v) is 3.26. The van der Waals surface area contributed by atoms with Crippen molar-refractivity contribution in [3.05, 3.63) is 28.8 Å². The van der Waals surface area contributed by atoms with Gasteiger partial charge < -0.3 is 5.11 Å². The highest BCUT2D eigenvalue weighted by Crippen LogP contribution is 2.16. The minimum atomic E-state index is -1.05. The second kappa shape index (κ2) is 2.81. The topological polar surface area (TPSA) is 67.5 Å². The van der Waals surface area contributed by atoms with E-state index >= 15 is 0 Å². The Morgan fingerprint density at radius 2 is 2.38 bits per heavy atom. The maximum Gasteiger partial charge on any atom is 0.354 e. The van der Waals surface area contributed by atoms with Crippen LogP contribution in [-0.2, 0) is 0 Å². The summed E-state index contributed by atoms with van der Waals surface area (Å²) in [5, 5.41) is 12.6. The van der Waals surface area contributed by atoms with Crippen molar-refractivity contribution in [1.82, 2.24) is 14.6 Å². The summed E-state index contributed by atoms with van der Waals surface area (Å²) >= 11 is 3.25. The van der Waals surface area contributed by atoms with Crippen molar-refractivity contribution in [1.29, 1.82) is 0 Å². The lowest BCUT2D eigenvalue weighted by molar-refractivity contribution is 0.0690. The van der Waals surface area contributed by atoms with E-state index in [9.17, 15) is 4.79 Å². The summed E-state index contributed by atoms with van der Waals surface area (Å²) in [5.41, 5.74) is 0.695. The molecule has 0 aromatic carbocycles. The van der Waals surface area contributed by atoms with E-state index in [-0.39, 0.29) is 5.69 Å². The number of halogens is 1. The Morgan fingerprint density at radius 3 is 3.08 bits per heavy atom. The lowest BCUT2D eigenvalue weighted by Gasteiger charge is -1.94. The molecule has 6 heteroatoms. The Bertz CT molecular complexity index is 480. The number of carboxylic acid groups (broad SMARTS) is 1. The molecule has 2 aromatic heterocycles. The number of hydrogen-bond donors (Lipinski definition) is 1. The van der Waals surface area contributed by atoms with Crippen LogP contribution in [-0.4, -0.2) is 25.7 Å². The number of rotatable bonds is 1. The monoisotopic (exact) mass is 241 g/mol. The van der Waals surface area contributed by atoms with E-state index in [1.54, 1.807) is 6.20 Å². The van der Waals surface area contributed by atoms with Crippen LogP contribution in [0.2, 0.25) is 0 Å². The molecule has 2 heterocycles. The third-order valence-corrected chi connectivity index (χ3v) is 2.20. The second-order valence-electron chi connectivity index (χ2n) is 2.40. The number of aromatic carboxylic acids is 1. The molecule has 0 aliphatic carbocycles. The minimum absolute atomic E-state index is 0.00806. The van der Waals surface area contributed by atoms with E-state index in [1.165, 1.54) is 16.9 Å². The number of fused-ring (bicyclic) bond motifs is 1. The summed E-state index contributed by atoms with van der Waals surface area (Å²) < 4.78 is 2.24. The molecule has 0 saturated carbocycles. The van der Waals surface area contributed by atoms with E-state index in [4.69, 9.17) is 5.11 Å². The Kier molecular flexibility index (Phi) is 1.77. The Hall–Kier alpha value is -1.43. The molecule has 0 fully saturated rings. The third-order valence-electron chi connectivity index (χ3n) is 1.59. The van der Waals surface area contributed by atoms with Crippen LogP contribution in [0.15, 0.2) is 23.1 Å². The standard InChI is InChI=1S/C7H4BrN3O2/c8-4-2-10-11-3-9-5(7(12)13)1-6(4)11/h1-3H,(H,12,13). The van der Waals surface area contributed by atoms with Gasteiger partial charge in [-0.05, 0) is 22.0 Å². The number of nitrogens with zero attached hydrogens (tertiary/aromatic N) is 3. The van der Waals surface area contributed by atoms with E-state index < -0.39 is 5.97 Å². The fourth-order valence-electron chi connectivity index (χ4n) is 0.978. The van der Waals surface area contributed by atoms with Gasteiger partial charge in [-0.15, -0.1) is 0 Å². The first-order chi connectivity index (χ1) is 6.18. The fraction of sp³-hybridized carbons (Fsp3) is 0. The predicted octanol–water partition coefficient (Wildman–Crippen LogP) is 1.19. The highest BCUT2D eigenvalue weighted by atomic mass is 79.9. The SMILES string of the molecule is O=C(O)c1cc2c(Br)cnn2cn1. The molecule has 0 spiro atoms. The zero-order chi connectivity index (χ0) is 9.42. The molecule has 2 aromatic rings. The van der Waals surface area contributed by atoms with Gasteiger partial charge in [0.05, 0.1) is 16.2 Å². The molecule has 5 nitrogen and oxygen atoms in total. The Labute approximate surface area is 81.1 Å². The van der Waals surface area contributed by atoms with Gasteiger partial charge in [-0.3, -0.25) is 0 Å². The molecule has 0 saturated heterocycles. The van der Waals surface area contributed by atoms with Crippen molar-refractivity contribution in [2.75, 3.05) is 0 Å². The number of aromatic nitrogens is 3. The summed E-state index contributed by atoms with van der Waals surface area (Å²) in [5.74, 6) is -1.05. The highest BCUT2D eigenvalue weighted by Gasteiger charge is 2.07. The van der Waals surface area contributed by atoms with E-state index in [1.807, 2.05) is 0 Å². The summed E-state index contributed by atoms with van der Waals surface area (Å²) in [6.45, 7) is 0. The molecular formula is C7H4BrN3O2. The van der Waals surface area contributed by atoms with Crippen LogP contribution < -0.4 is 0 Å². The maximum absolute atomic E-state index is 10.6. The largest absolute Gasteiger partial charge is 0.477 e. The smallest absolute Gasteiger partial charge is 0.354 e. The molecule has 0 amide bonds. The van der Waals surface area contributed by atoms with Crippen molar-refractivity contribution in [2.24, 2.45) is 0 Å². The van der Waals surface area contributed by atoms with Gasteiger partial charge in [-0.2, -0.15) is 5.10 Å². The number of hydrogen-bond acceptors (Lipinski definition) is 3. The lowest BCUT2D eigenvalue weighted by Crippen LogP contribution is -2.01. The van der Waals surface area contributed by atoms with Crippen molar-refractivity contribution in [2.45, 2.75) is 0 Å². The van der Waals surface area contributed by atoms with E-state index in [0.717, 1.165) is 4.47 Å². The molecular weight excluding hydrogens is 238 g/mol. The summed E-state index contributed by atoms with van der Waals surface area (Å²) in [6.07, 6.45) is 2.95. The van der Waals surface area contributed by atoms with Crippen molar-refractivity contribution in [3.63, 3.8) is 0 Å². The molecule has 0 bridgehead atoms.